The average molecular weight is 293 g/mol. The lowest BCUT2D eigenvalue weighted by Gasteiger charge is -2.10. The molecule has 1 aromatic heterocycles. The van der Waals surface area contributed by atoms with Gasteiger partial charge in [-0.2, -0.15) is 5.10 Å². The molecule has 0 saturated heterocycles. The van der Waals surface area contributed by atoms with Crippen molar-refractivity contribution in [2.24, 2.45) is 0 Å². The molecule has 108 valence electrons. The first-order valence-corrected chi connectivity index (χ1v) is 8.29. The second kappa shape index (κ2) is 6.09. The molecule has 0 aliphatic rings. The molecule has 6 heteroatoms. The van der Waals surface area contributed by atoms with Crippen LogP contribution in [-0.2, 0) is 22.9 Å². The van der Waals surface area contributed by atoms with Crippen LogP contribution in [0.1, 0.15) is 19.4 Å². The molecule has 1 heterocycles. The zero-order valence-electron chi connectivity index (χ0n) is 11.7. The van der Waals surface area contributed by atoms with E-state index in [1.165, 1.54) is 0 Å². The smallest absolute Gasteiger partial charge is 0.180 e. The fraction of sp³-hybridized carbons (Fsp3) is 0.357. The topological polar surface area (TPSA) is 64.0 Å². The molecule has 0 fully saturated rings. The molecule has 0 radical (unpaired) electrons. The average Bonchev–Trinajstić information content (AvgIpc) is 2.93. The lowest BCUT2D eigenvalue weighted by molar-refractivity contribution is 0.597. The van der Waals surface area contributed by atoms with Crippen LogP contribution in [0, 0.1) is 0 Å². The van der Waals surface area contributed by atoms with Crippen molar-refractivity contribution in [2.45, 2.75) is 31.8 Å². The Balaban J connectivity index is 2.18. The van der Waals surface area contributed by atoms with Crippen molar-refractivity contribution in [3.63, 3.8) is 0 Å². The predicted molar refractivity (Wildman–Crippen MR) is 79.4 cm³/mol. The van der Waals surface area contributed by atoms with E-state index in [1.54, 1.807) is 31.3 Å². The van der Waals surface area contributed by atoms with Crippen molar-refractivity contribution in [1.29, 1.82) is 0 Å². The number of nitrogens with one attached hydrogen (secondary N) is 1. The second-order valence-corrected chi connectivity index (χ2v) is 6.70. The van der Waals surface area contributed by atoms with Crippen molar-refractivity contribution in [3.8, 4) is 0 Å². The van der Waals surface area contributed by atoms with Gasteiger partial charge in [0.05, 0.1) is 22.5 Å². The van der Waals surface area contributed by atoms with Crippen molar-refractivity contribution in [3.05, 3.63) is 42.2 Å². The Morgan fingerprint density at radius 3 is 2.65 bits per heavy atom. The molecular formula is C14H19N3O2S. The molecule has 0 unspecified atom stereocenters. The first-order valence-electron chi connectivity index (χ1n) is 6.63. The van der Waals surface area contributed by atoms with Crippen LogP contribution in [0.15, 0.2) is 41.6 Å². The zero-order chi connectivity index (χ0) is 14.6. The fourth-order valence-corrected chi connectivity index (χ4v) is 2.98. The van der Waals surface area contributed by atoms with Crippen LogP contribution in [0.2, 0.25) is 0 Å². The van der Waals surface area contributed by atoms with Gasteiger partial charge in [-0.15, -0.1) is 0 Å². The van der Waals surface area contributed by atoms with Crippen molar-refractivity contribution in [2.75, 3.05) is 11.1 Å². The van der Waals surface area contributed by atoms with Gasteiger partial charge in [0.1, 0.15) is 0 Å². The van der Waals surface area contributed by atoms with Crippen LogP contribution in [0.5, 0.6) is 0 Å². The Bertz CT molecular complexity index is 677. The summed E-state index contributed by atoms with van der Waals surface area (Å²) in [5.41, 5.74) is 1.66. The molecule has 0 bridgehead atoms. The molecule has 20 heavy (non-hydrogen) atoms. The maximum Gasteiger partial charge on any atom is 0.180 e. The van der Waals surface area contributed by atoms with E-state index in [0.29, 0.717) is 17.1 Å². The van der Waals surface area contributed by atoms with E-state index in [9.17, 15) is 8.42 Å². The Morgan fingerprint density at radius 2 is 2.00 bits per heavy atom. The lowest BCUT2D eigenvalue weighted by Crippen LogP contribution is -2.09. The number of sulfone groups is 1. The van der Waals surface area contributed by atoms with Crippen LogP contribution in [0.4, 0.5) is 5.69 Å². The third-order valence-electron chi connectivity index (χ3n) is 3.10. The van der Waals surface area contributed by atoms with Crippen LogP contribution < -0.4 is 5.32 Å². The molecule has 1 aromatic carbocycles. The number of hydrogen-bond acceptors (Lipinski definition) is 4. The number of nitrogens with zero attached hydrogens (tertiary/aromatic N) is 2. The molecule has 0 aliphatic carbocycles. The quantitative estimate of drug-likeness (QED) is 0.887. The van der Waals surface area contributed by atoms with E-state index >= 15 is 0 Å². The summed E-state index contributed by atoms with van der Waals surface area (Å²) in [7, 11) is -3.22. The summed E-state index contributed by atoms with van der Waals surface area (Å²) < 4.78 is 25.9. The molecule has 2 aromatic rings. The van der Waals surface area contributed by atoms with E-state index in [4.69, 9.17) is 0 Å². The maximum atomic E-state index is 12.0. The van der Waals surface area contributed by atoms with E-state index in [1.807, 2.05) is 23.9 Å². The minimum Gasteiger partial charge on any atom is -0.380 e. The summed E-state index contributed by atoms with van der Waals surface area (Å²) in [6.07, 6.45) is 3.73. The van der Waals surface area contributed by atoms with Crippen LogP contribution in [0.25, 0.3) is 0 Å². The molecule has 0 atom stereocenters. The largest absolute Gasteiger partial charge is 0.380 e. The number of aryl methyl sites for hydroxylation is 1. The molecule has 0 saturated carbocycles. The molecule has 1 N–H and O–H groups in total. The second-order valence-electron chi connectivity index (χ2n) is 4.46. The Morgan fingerprint density at radius 1 is 1.25 bits per heavy atom. The molecule has 2 rings (SSSR count). The Labute approximate surface area is 119 Å². The van der Waals surface area contributed by atoms with Gasteiger partial charge in [0.2, 0.25) is 0 Å². The van der Waals surface area contributed by atoms with Crippen LogP contribution in [-0.4, -0.2) is 24.0 Å². The highest BCUT2D eigenvalue weighted by molar-refractivity contribution is 7.91. The minimum atomic E-state index is -3.22. The lowest BCUT2D eigenvalue weighted by atomic mass is 10.3. The first-order chi connectivity index (χ1) is 9.56. The third kappa shape index (κ3) is 3.19. The zero-order valence-corrected chi connectivity index (χ0v) is 12.5. The minimum absolute atomic E-state index is 0.0967. The number of anilines is 1. The van der Waals surface area contributed by atoms with E-state index in [0.717, 1.165) is 12.1 Å². The van der Waals surface area contributed by atoms with Gasteiger partial charge in [-0.1, -0.05) is 19.1 Å². The van der Waals surface area contributed by atoms with Gasteiger partial charge in [-0.3, -0.25) is 4.68 Å². The summed E-state index contributed by atoms with van der Waals surface area (Å²) in [4.78, 5) is 0.352. The number of para-hydroxylation sites is 1. The Kier molecular flexibility index (Phi) is 4.44. The molecule has 0 spiro atoms. The van der Waals surface area contributed by atoms with Gasteiger partial charge in [0.25, 0.3) is 0 Å². The molecule has 5 nitrogen and oxygen atoms in total. The summed E-state index contributed by atoms with van der Waals surface area (Å²) in [5, 5.41) is 7.37. The number of hydrogen-bond donors (Lipinski definition) is 1. The number of aromatic nitrogens is 2. The molecule has 0 amide bonds. The standard InChI is InChI=1S/C14H19N3O2S/c1-3-17-11-12(10-16-17)9-15-13-7-5-6-8-14(13)20(18,19)4-2/h5-8,10-11,15H,3-4,9H2,1-2H3. The SMILES string of the molecule is CCn1cc(CNc2ccccc2S(=O)(=O)CC)cn1. The van der Waals surface area contributed by atoms with Gasteiger partial charge < -0.3 is 5.32 Å². The summed E-state index contributed by atoms with van der Waals surface area (Å²) in [6.45, 7) is 5.04. The van der Waals surface area contributed by atoms with E-state index in [2.05, 4.69) is 10.4 Å². The maximum absolute atomic E-state index is 12.0. The van der Waals surface area contributed by atoms with Gasteiger partial charge >= 0.3 is 0 Å². The normalized spacial score (nSPS) is 11.5. The highest BCUT2D eigenvalue weighted by atomic mass is 32.2. The molecular weight excluding hydrogens is 274 g/mol. The van der Waals surface area contributed by atoms with Crippen molar-refractivity contribution < 1.29 is 8.42 Å². The predicted octanol–water partition coefficient (Wildman–Crippen LogP) is 2.31. The van der Waals surface area contributed by atoms with Gasteiger partial charge in [0.15, 0.2) is 9.84 Å². The van der Waals surface area contributed by atoms with Crippen molar-refractivity contribution in [1.82, 2.24) is 9.78 Å². The summed E-state index contributed by atoms with van der Waals surface area (Å²) in [5.74, 6) is 0.0967. The van der Waals surface area contributed by atoms with E-state index in [-0.39, 0.29) is 5.75 Å². The van der Waals surface area contributed by atoms with Crippen molar-refractivity contribution >= 4 is 15.5 Å². The van der Waals surface area contributed by atoms with Crippen LogP contribution in [0.3, 0.4) is 0 Å². The van der Waals surface area contributed by atoms with E-state index < -0.39 is 9.84 Å². The monoisotopic (exact) mass is 293 g/mol. The van der Waals surface area contributed by atoms with Crippen LogP contribution >= 0.6 is 0 Å². The third-order valence-corrected chi connectivity index (χ3v) is 4.88. The highest BCUT2D eigenvalue weighted by Gasteiger charge is 2.15. The summed E-state index contributed by atoms with van der Waals surface area (Å²) in [6, 6.07) is 6.98. The van der Waals surface area contributed by atoms with Gasteiger partial charge in [-0.05, 0) is 19.1 Å². The highest BCUT2D eigenvalue weighted by Crippen LogP contribution is 2.22. The number of rotatable bonds is 6. The molecule has 0 aliphatic heterocycles. The summed E-state index contributed by atoms with van der Waals surface area (Å²) >= 11 is 0. The van der Waals surface area contributed by atoms with Gasteiger partial charge in [0, 0.05) is 24.8 Å². The first kappa shape index (κ1) is 14.6. The Hall–Kier alpha value is -1.82. The van der Waals surface area contributed by atoms with Gasteiger partial charge in [-0.25, -0.2) is 8.42 Å². The number of benzene rings is 1. The fourth-order valence-electron chi connectivity index (χ4n) is 1.91.